The largest absolute Gasteiger partial charge is 0.309 e. The second-order valence-electron chi connectivity index (χ2n) is 13.9. The summed E-state index contributed by atoms with van der Waals surface area (Å²) in [5.74, 6) is 0.915. The van der Waals surface area contributed by atoms with Gasteiger partial charge in [-0.25, -0.2) is 4.98 Å². The summed E-state index contributed by atoms with van der Waals surface area (Å²) in [6.45, 7) is 0. The van der Waals surface area contributed by atoms with Crippen LogP contribution < -0.4 is 0 Å². The molecule has 1 aliphatic rings. The lowest BCUT2D eigenvalue weighted by Gasteiger charge is -2.11. The standard InChI is InChI=1S/C48H28N4/c1-2-12-34(13-3-1)51-43-19-17-32(25-39(43)40-23-29-9-4-5-10-30(29)26-45(40)51)31-18-20-44-38(24-31)36-14-6-7-16-42(36)52(44)46-27-33-11-8-15-37-35-21-22-49-28-41(35)48(50-46)47(33)37/h1-28H. The van der Waals surface area contributed by atoms with Crippen LogP contribution in [0.15, 0.2) is 170 Å². The molecule has 0 saturated heterocycles. The van der Waals surface area contributed by atoms with Crippen LogP contribution in [-0.4, -0.2) is 19.1 Å². The molecule has 0 fully saturated rings. The van der Waals surface area contributed by atoms with E-state index in [4.69, 9.17) is 4.98 Å². The smallest absolute Gasteiger partial charge is 0.138 e. The maximum Gasteiger partial charge on any atom is 0.138 e. The zero-order valence-corrected chi connectivity index (χ0v) is 28.0. The van der Waals surface area contributed by atoms with Gasteiger partial charge in [0.05, 0.1) is 27.8 Å². The fraction of sp³-hybridized carbons (Fsp3) is 0. The summed E-state index contributed by atoms with van der Waals surface area (Å²) in [7, 11) is 0. The zero-order valence-electron chi connectivity index (χ0n) is 28.0. The first kappa shape index (κ1) is 27.7. The van der Waals surface area contributed by atoms with Gasteiger partial charge in [0, 0.05) is 50.6 Å². The van der Waals surface area contributed by atoms with E-state index in [0.29, 0.717) is 0 Å². The number of para-hydroxylation sites is 2. The minimum Gasteiger partial charge on any atom is -0.309 e. The van der Waals surface area contributed by atoms with Crippen LogP contribution in [0, 0.1) is 0 Å². The third-order valence-electron chi connectivity index (χ3n) is 11.1. The minimum atomic E-state index is 0.915. The van der Waals surface area contributed by atoms with Crippen LogP contribution in [-0.2, 0) is 0 Å². The van der Waals surface area contributed by atoms with E-state index in [1.807, 2.05) is 12.4 Å². The molecule has 0 aliphatic heterocycles. The van der Waals surface area contributed by atoms with E-state index in [1.165, 1.54) is 76.4 Å². The monoisotopic (exact) mass is 660 g/mol. The number of aromatic nitrogens is 4. The molecular weight excluding hydrogens is 633 g/mol. The molecule has 4 heteroatoms. The fourth-order valence-corrected chi connectivity index (χ4v) is 8.79. The molecule has 7 aromatic carbocycles. The SMILES string of the molecule is c1ccc(-n2c3ccc(-c4ccc5c(c4)c4ccccc4n5-c4cc5cccc6c5c(n4)-c4cnccc4-6)cc3c3cc4ccccc4cc32)cc1. The molecule has 1 aliphatic carbocycles. The molecule has 12 rings (SSSR count). The van der Waals surface area contributed by atoms with E-state index in [-0.39, 0.29) is 0 Å². The van der Waals surface area contributed by atoms with Crippen LogP contribution in [0.2, 0.25) is 0 Å². The number of fused-ring (bicyclic) bond motifs is 10. The van der Waals surface area contributed by atoms with Crippen molar-refractivity contribution in [3.05, 3.63) is 170 Å². The minimum absolute atomic E-state index is 0.915. The van der Waals surface area contributed by atoms with Gasteiger partial charge < -0.3 is 4.57 Å². The summed E-state index contributed by atoms with van der Waals surface area (Å²) in [6.07, 6.45) is 3.83. The van der Waals surface area contributed by atoms with Crippen molar-refractivity contribution in [2.75, 3.05) is 0 Å². The van der Waals surface area contributed by atoms with E-state index in [0.717, 1.165) is 33.8 Å². The fourth-order valence-electron chi connectivity index (χ4n) is 8.79. The van der Waals surface area contributed by atoms with Crippen LogP contribution in [0.4, 0.5) is 0 Å². The van der Waals surface area contributed by atoms with Gasteiger partial charge in [-0.05, 0) is 105 Å². The second-order valence-corrected chi connectivity index (χ2v) is 13.9. The molecule has 4 nitrogen and oxygen atoms in total. The van der Waals surface area contributed by atoms with E-state index in [1.54, 1.807) is 0 Å². The van der Waals surface area contributed by atoms with E-state index in [2.05, 4.69) is 172 Å². The molecule has 52 heavy (non-hydrogen) atoms. The van der Waals surface area contributed by atoms with Crippen molar-refractivity contribution < 1.29 is 0 Å². The Bertz CT molecular complexity index is 3290. The Balaban J connectivity index is 1.08. The van der Waals surface area contributed by atoms with Gasteiger partial charge in [0.25, 0.3) is 0 Å². The topological polar surface area (TPSA) is 35.6 Å². The van der Waals surface area contributed by atoms with Gasteiger partial charge in [-0.1, -0.05) is 91.0 Å². The highest BCUT2D eigenvalue weighted by atomic mass is 15.1. The first-order valence-electron chi connectivity index (χ1n) is 17.7. The summed E-state index contributed by atoms with van der Waals surface area (Å²) in [6, 6.07) is 57.5. The van der Waals surface area contributed by atoms with Crippen LogP contribution in [0.3, 0.4) is 0 Å². The summed E-state index contributed by atoms with van der Waals surface area (Å²) in [4.78, 5) is 9.84. The van der Waals surface area contributed by atoms with Gasteiger partial charge in [-0.15, -0.1) is 0 Å². The number of rotatable bonds is 3. The van der Waals surface area contributed by atoms with E-state index < -0.39 is 0 Å². The molecule has 0 N–H and O–H groups in total. The highest BCUT2D eigenvalue weighted by Gasteiger charge is 2.25. The van der Waals surface area contributed by atoms with E-state index in [9.17, 15) is 0 Å². The van der Waals surface area contributed by atoms with Gasteiger partial charge in [-0.2, -0.15) is 0 Å². The Morgan fingerprint density at radius 3 is 1.92 bits per heavy atom. The maximum atomic E-state index is 5.37. The highest BCUT2D eigenvalue weighted by molar-refractivity contribution is 6.17. The molecule has 4 aromatic heterocycles. The van der Waals surface area contributed by atoms with Crippen molar-refractivity contribution >= 4 is 65.2 Å². The van der Waals surface area contributed by atoms with Gasteiger partial charge in [0.1, 0.15) is 5.82 Å². The number of hydrogen-bond acceptors (Lipinski definition) is 2. The molecule has 0 amide bonds. The van der Waals surface area contributed by atoms with Crippen molar-refractivity contribution in [3.63, 3.8) is 0 Å². The van der Waals surface area contributed by atoms with Gasteiger partial charge in [0.2, 0.25) is 0 Å². The van der Waals surface area contributed by atoms with Crippen molar-refractivity contribution in [2.24, 2.45) is 0 Å². The molecule has 0 spiro atoms. The Morgan fingerprint density at radius 1 is 0.404 bits per heavy atom. The van der Waals surface area contributed by atoms with Gasteiger partial charge in [0.15, 0.2) is 0 Å². The summed E-state index contributed by atoms with van der Waals surface area (Å²) < 4.78 is 4.73. The van der Waals surface area contributed by atoms with Crippen molar-refractivity contribution in [1.29, 1.82) is 0 Å². The molecular formula is C48H28N4. The lowest BCUT2D eigenvalue weighted by Crippen LogP contribution is -1.99. The van der Waals surface area contributed by atoms with Crippen LogP contribution in [0.1, 0.15) is 0 Å². The quantitative estimate of drug-likeness (QED) is 0.189. The number of pyridine rings is 2. The molecule has 0 saturated carbocycles. The first-order chi connectivity index (χ1) is 25.8. The third kappa shape index (κ3) is 3.75. The van der Waals surface area contributed by atoms with Crippen LogP contribution in [0.25, 0.3) is 110 Å². The summed E-state index contributed by atoms with van der Waals surface area (Å²) >= 11 is 0. The Kier molecular flexibility index (Phi) is 5.47. The molecule has 0 atom stereocenters. The average Bonchev–Trinajstić information content (AvgIpc) is 3.83. The number of nitrogens with zero attached hydrogens (tertiary/aromatic N) is 4. The van der Waals surface area contributed by atoms with Crippen molar-refractivity contribution in [2.45, 2.75) is 0 Å². The third-order valence-corrected chi connectivity index (χ3v) is 11.1. The lowest BCUT2D eigenvalue weighted by atomic mass is 10.00. The van der Waals surface area contributed by atoms with E-state index >= 15 is 0 Å². The first-order valence-corrected chi connectivity index (χ1v) is 17.7. The van der Waals surface area contributed by atoms with Crippen molar-refractivity contribution in [1.82, 2.24) is 19.1 Å². The second kappa shape index (κ2) is 10.3. The predicted octanol–water partition coefficient (Wildman–Crippen LogP) is 12.3. The summed E-state index contributed by atoms with van der Waals surface area (Å²) in [5.41, 5.74) is 12.8. The van der Waals surface area contributed by atoms with Gasteiger partial charge in [-0.3, -0.25) is 9.55 Å². The molecule has 0 bridgehead atoms. The predicted molar refractivity (Wildman–Crippen MR) is 216 cm³/mol. The zero-order chi connectivity index (χ0) is 33.9. The highest BCUT2D eigenvalue weighted by Crippen LogP contribution is 2.47. The molecule has 4 heterocycles. The lowest BCUT2D eigenvalue weighted by molar-refractivity contribution is 1.09. The molecule has 240 valence electrons. The van der Waals surface area contributed by atoms with Crippen LogP contribution in [0.5, 0.6) is 0 Å². The number of hydrogen-bond donors (Lipinski definition) is 0. The Morgan fingerprint density at radius 2 is 1.08 bits per heavy atom. The Hall–Kier alpha value is -7.04. The average molecular weight is 661 g/mol. The van der Waals surface area contributed by atoms with Crippen molar-refractivity contribution in [3.8, 4) is 45.0 Å². The molecule has 11 aromatic rings. The summed E-state index contributed by atoms with van der Waals surface area (Å²) in [5, 5.41) is 9.80. The molecule has 0 radical (unpaired) electrons. The maximum absolute atomic E-state index is 5.37. The van der Waals surface area contributed by atoms with Gasteiger partial charge >= 0.3 is 0 Å². The molecule has 0 unspecified atom stereocenters. The Labute approximate surface area is 298 Å². The normalized spacial score (nSPS) is 12.2. The number of benzene rings is 7. The van der Waals surface area contributed by atoms with Crippen LogP contribution >= 0.6 is 0 Å².